The van der Waals surface area contributed by atoms with E-state index in [2.05, 4.69) is 29.7 Å². The normalized spacial score (nSPS) is 14.8. The Labute approximate surface area is 199 Å². The highest BCUT2D eigenvalue weighted by molar-refractivity contribution is 6.23. The Hall–Kier alpha value is -4.06. The lowest BCUT2D eigenvalue weighted by atomic mass is 10.0. The molecule has 0 unspecified atom stereocenters. The fourth-order valence-electron chi connectivity index (χ4n) is 4.48. The Balaban J connectivity index is 1.83. The first-order chi connectivity index (χ1) is 16.3. The number of hydrogen-bond acceptors (Lipinski definition) is 4. The minimum absolute atomic E-state index is 0.267. The van der Waals surface area contributed by atoms with Crippen molar-refractivity contribution in [2.45, 2.75) is 27.7 Å². The molecule has 174 valence electrons. The van der Waals surface area contributed by atoms with Gasteiger partial charge in [0.1, 0.15) is 5.75 Å². The summed E-state index contributed by atoms with van der Waals surface area (Å²) in [4.78, 5) is 27.9. The Bertz CT molecular complexity index is 1340. The van der Waals surface area contributed by atoms with E-state index in [0.29, 0.717) is 22.7 Å². The van der Waals surface area contributed by atoms with Crippen molar-refractivity contribution >= 4 is 23.6 Å². The van der Waals surface area contributed by atoms with Gasteiger partial charge in [0, 0.05) is 28.5 Å². The van der Waals surface area contributed by atoms with Crippen LogP contribution in [0.25, 0.3) is 11.8 Å². The van der Waals surface area contributed by atoms with Crippen molar-refractivity contribution in [1.82, 2.24) is 4.57 Å². The molecule has 0 bridgehead atoms. The zero-order chi connectivity index (χ0) is 24.6. The van der Waals surface area contributed by atoms with Gasteiger partial charge in [-0.25, -0.2) is 4.79 Å². The van der Waals surface area contributed by atoms with Crippen molar-refractivity contribution in [2.75, 3.05) is 19.1 Å². The lowest BCUT2D eigenvalue weighted by Gasteiger charge is -2.18. The van der Waals surface area contributed by atoms with Gasteiger partial charge in [-0.05, 0) is 87.4 Å². The Morgan fingerprint density at radius 2 is 1.62 bits per heavy atom. The van der Waals surface area contributed by atoms with Crippen LogP contribution in [0.2, 0.25) is 0 Å². The van der Waals surface area contributed by atoms with Crippen LogP contribution in [-0.4, -0.2) is 30.7 Å². The maximum absolute atomic E-state index is 13.6. The molecule has 0 fully saturated rings. The van der Waals surface area contributed by atoms with Gasteiger partial charge in [-0.1, -0.05) is 12.1 Å². The molecule has 2 heterocycles. The maximum Gasteiger partial charge on any atom is 0.340 e. The van der Waals surface area contributed by atoms with Crippen LogP contribution in [-0.2, 0) is 14.3 Å². The number of methoxy groups -OCH3 is 2. The fraction of sp³-hybridized carbons (Fsp3) is 0.214. The quantitative estimate of drug-likeness (QED) is 0.387. The van der Waals surface area contributed by atoms with Crippen LogP contribution < -0.4 is 9.64 Å². The van der Waals surface area contributed by atoms with Gasteiger partial charge in [0.25, 0.3) is 5.91 Å². The number of allylic oxidation sites excluding steroid dienone is 1. The molecule has 4 rings (SSSR count). The Kier molecular flexibility index (Phi) is 6.16. The lowest BCUT2D eigenvalue weighted by Crippen LogP contribution is -2.24. The summed E-state index contributed by atoms with van der Waals surface area (Å²) >= 11 is 0. The molecular weight excluding hydrogens is 428 g/mol. The largest absolute Gasteiger partial charge is 0.497 e. The average Bonchev–Trinajstić information content (AvgIpc) is 3.24. The number of rotatable bonds is 5. The summed E-state index contributed by atoms with van der Waals surface area (Å²) in [5.74, 6) is -0.131. The fourth-order valence-corrected chi connectivity index (χ4v) is 4.48. The van der Waals surface area contributed by atoms with Gasteiger partial charge in [0.05, 0.1) is 25.4 Å². The molecular formula is C28H28N2O4. The van der Waals surface area contributed by atoms with E-state index in [1.54, 1.807) is 44.4 Å². The lowest BCUT2D eigenvalue weighted by molar-refractivity contribution is -0.136. The van der Waals surface area contributed by atoms with E-state index >= 15 is 0 Å². The topological polar surface area (TPSA) is 60.8 Å². The number of carbonyl (C=O) groups excluding carboxylic acids is 2. The van der Waals surface area contributed by atoms with Crippen molar-refractivity contribution in [3.63, 3.8) is 0 Å². The number of anilines is 1. The van der Waals surface area contributed by atoms with Crippen molar-refractivity contribution < 1.29 is 19.1 Å². The zero-order valence-corrected chi connectivity index (χ0v) is 20.3. The third-order valence-electron chi connectivity index (χ3n) is 6.15. The number of amides is 1. The smallest absolute Gasteiger partial charge is 0.340 e. The van der Waals surface area contributed by atoms with E-state index < -0.39 is 5.97 Å². The van der Waals surface area contributed by atoms with Crippen molar-refractivity contribution in [2.24, 2.45) is 0 Å². The summed E-state index contributed by atoms with van der Waals surface area (Å²) in [6.07, 6.45) is 1.79. The molecule has 0 saturated heterocycles. The molecule has 1 aromatic heterocycles. The molecule has 0 N–H and O–H groups in total. The Morgan fingerprint density at radius 3 is 2.24 bits per heavy atom. The molecule has 0 aliphatic carbocycles. The number of carbonyl (C=O) groups is 2. The SMILES string of the molecule is COC(=O)C1=C(C)N(c2ccc(OC)cc2)C(=O)/C1=C\c1cc(C)n(-c2cccc(C)c2)c1C. The van der Waals surface area contributed by atoms with Crippen molar-refractivity contribution in [1.29, 1.82) is 0 Å². The van der Waals surface area contributed by atoms with E-state index in [0.717, 1.165) is 28.2 Å². The summed E-state index contributed by atoms with van der Waals surface area (Å²) in [6, 6.07) is 17.4. The van der Waals surface area contributed by atoms with E-state index in [4.69, 9.17) is 9.47 Å². The third kappa shape index (κ3) is 3.92. The summed E-state index contributed by atoms with van der Waals surface area (Å²) in [5, 5.41) is 0. The number of esters is 1. The van der Waals surface area contributed by atoms with Crippen LogP contribution in [0.1, 0.15) is 29.4 Å². The van der Waals surface area contributed by atoms with Gasteiger partial charge in [-0.2, -0.15) is 0 Å². The molecule has 6 heteroatoms. The van der Waals surface area contributed by atoms with Gasteiger partial charge in [-0.15, -0.1) is 0 Å². The summed E-state index contributed by atoms with van der Waals surface area (Å²) < 4.78 is 12.4. The number of aromatic nitrogens is 1. The summed E-state index contributed by atoms with van der Waals surface area (Å²) in [7, 11) is 2.91. The number of ether oxygens (including phenoxy) is 2. The standard InChI is InChI=1S/C28H28N2O4/c1-17-8-7-9-23(14-17)29-18(2)15-21(19(29)3)16-25-26(28(32)34-6)20(4)30(27(25)31)22-10-12-24(33-5)13-11-22/h7-16H,1-6H3/b25-16-. The van der Waals surface area contributed by atoms with Crippen LogP contribution in [0.5, 0.6) is 5.75 Å². The van der Waals surface area contributed by atoms with Crippen molar-refractivity contribution in [3.05, 3.63) is 94.0 Å². The number of hydrogen-bond donors (Lipinski definition) is 0. The third-order valence-corrected chi connectivity index (χ3v) is 6.15. The second kappa shape index (κ2) is 9.06. The molecule has 0 atom stereocenters. The zero-order valence-electron chi connectivity index (χ0n) is 20.3. The van der Waals surface area contributed by atoms with Crippen LogP contribution in [0.15, 0.2) is 71.4 Å². The molecule has 0 spiro atoms. The monoisotopic (exact) mass is 456 g/mol. The molecule has 1 amide bonds. The second-order valence-electron chi connectivity index (χ2n) is 8.35. The van der Waals surface area contributed by atoms with Gasteiger partial charge >= 0.3 is 5.97 Å². The van der Waals surface area contributed by atoms with Crippen LogP contribution in [0.4, 0.5) is 5.69 Å². The highest BCUT2D eigenvalue weighted by Gasteiger charge is 2.38. The van der Waals surface area contributed by atoms with Gasteiger partial charge in [-0.3, -0.25) is 9.69 Å². The first kappa shape index (κ1) is 23.1. The summed E-state index contributed by atoms with van der Waals surface area (Å²) in [5.41, 5.74) is 6.86. The molecule has 0 saturated carbocycles. The van der Waals surface area contributed by atoms with Crippen molar-refractivity contribution in [3.8, 4) is 11.4 Å². The van der Waals surface area contributed by atoms with Crippen LogP contribution in [0, 0.1) is 20.8 Å². The van der Waals surface area contributed by atoms with Gasteiger partial charge in [0.15, 0.2) is 0 Å². The van der Waals surface area contributed by atoms with E-state index in [9.17, 15) is 9.59 Å². The molecule has 34 heavy (non-hydrogen) atoms. The highest BCUT2D eigenvalue weighted by Crippen LogP contribution is 2.36. The first-order valence-corrected chi connectivity index (χ1v) is 11.0. The van der Waals surface area contributed by atoms with Gasteiger partial charge < -0.3 is 14.0 Å². The number of aryl methyl sites for hydroxylation is 2. The molecule has 0 radical (unpaired) electrons. The minimum Gasteiger partial charge on any atom is -0.497 e. The number of benzene rings is 2. The molecule has 6 nitrogen and oxygen atoms in total. The minimum atomic E-state index is -0.541. The summed E-state index contributed by atoms with van der Waals surface area (Å²) in [6.45, 7) is 7.85. The van der Waals surface area contributed by atoms with E-state index in [1.165, 1.54) is 12.0 Å². The van der Waals surface area contributed by atoms with E-state index in [-0.39, 0.29) is 11.5 Å². The maximum atomic E-state index is 13.6. The molecule has 1 aliphatic heterocycles. The molecule has 3 aromatic rings. The second-order valence-corrected chi connectivity index (χ2v) is 8.35. The first-order valence-electron chi connectivity index (χ1n) is 11.0. The average molecular weight is 457 g/mol. The van der Waals surface area contributed by atoms with Crippen LogP contribution in [0.3, 0.4) is 0 Å². The predicted octanol–water partition coefficient (Wildman–Crippen LogP) is 5.29. The number of nitrogens with zero attached hydrogens (tertiary/aromatic N) is 2. The van der Waals surface area contributed by atoms with E-state index in [1.807, 2.05) is 26.0 Å². The highest BCUT2D eigenvalue weighted by atomic mass is 16.5. The van der Waals surface area contributed by atoms with Crippen LogP contribution >= 0.6 is 0 Å². The Morgan fingerprint density at radius 1 is 0.912 bits per heavy atom. The molecule has 1 aliphatic rings. The molecule has 2 aromatic carbocycles. The van der Waals surface area contributed by atoms with Gasteiger partial charge in [0.2, 0.25) is 0 Å². The predicted molar refractivity (Wildman–Crippen MR) is 133 cm³/mol.